The number of ether oxygens (including phenoxy) is 1. The molecule has 0 N–H and O–H groups in total. The Morgan fingerprint density at radius 1 is 1.03 bits per heavy atom. The molecule has 0 aliphatic carbocycles. The Balaban J connectivity index is 1.60. The van der Waals surface area contributed by atoms with E-state index in [2.05, 4.69) is 5.10 Å². The average molecular weight is 436 g/mol. The first-order valence-corrected chi connectivity index (χ1v) is 11.0. The number of piperazine rings is 1. The first-order valence-electron chi connectivity index (χ1n) is 11.0. The van der Waals surface area contributed by atoms with Crippen molar-refractivity contribution in [3.05, 3.63) is 48.2 Å². The zero-order valence-electron chi connectivity index (χ0n) is 19.0. The molecule has 0 radical (unpaired) electrons. The summed E-state index contributed by atoms with van der Waals surface area (Å²) in [6.45, 7) is 9.98. The van der Waals surface area contributed by atoms with E-state index in [9.17, 15) is 9.59 Å². The molecule has 0 bridgehead atoms. The van der Waals surface area contributed by atoms with Gasteiger partial charge < -0.3 is 14.5 Å². The second kappa shape index (κ2) is 8.61. The zero-order chi connectivity index (χ0) is 22.9. The molecule has 1 fully saturated rings. The number of rotatable bonds is 3. The Bertz CT molecular complexity index is 1130. The van der Waals surface area contributed by atoms with Gasteiger partial charge in [-0.2, -0.15) is 5.10 Å². The van der Waals surface area contributed by atoms with E-state index in [4.69, 9.17) is 9.72 Å². The van der Waals surface area contributed by atoms with Gasteiger partial charge in [-0.3, -0.25) is 4.79 Å². The lowest BCUT2D eigenvalue weighted by Crippen LogP contribution is -2.51. The van der Waals surface area contributed by atoms with Gasteiger partial charge >= 0.3 is 6.09 Å². The van der Waals surface area contributed by atoms with Gasteiger partial charge in [-0.1, -0.05) is 30.3 Å². The van der Waals surface area contributed by atoms with Gasteiger partial charge in [-0.25, -0.2) is 14.5 Å². The largest absolute Gasteiger partial charge is 0.444 e. The summed E-state index contributed by atoms with van der Waals surface area (Å²) in [7, 11) is 0. The molecule has 8 heteroatoms. The molecule has 2 amide bonds. The number of fused-ring (bicyclic) bond motifs is 1. The highest BCUT2D eigenvalue weighted by atomic mass is 16.6. The van der Waals surface area contributed by atoms with Crippen molar-refractivity contribution in [2.45, 2.75) is 39.8 Å². The Labute approximate surface area is 187 Å². The molecule has 3 heterocycles. The van der Waals surface area contributed by atoms with Crippen molar-refractivity contribution in [2.75, 3.05) is 26.2 Å². The molecule has 0 unspecified atom stereocenters. The van der Waals surface area contributed by atoms with Crippen LogP contribution in [0.5, 0.6) is 0 Å². The highest BCUT2D eigenvalue weighted by Gasteiger charge is 2.29. The molecule has 1 saturated heterocycles. The van der Waals surface area contributed by atoms with Crippen molar-refractivity contribution < 1.29 is 14.3 Å². The summed E-state index contributed by atoms with van der Waals surface area (Å²) in [5.74, 6) is -0.0749. The van der Waals surface area contributed by atoms with Crippen molar-refractivity contribution in [1.29, 1.82) is 0 Å². The van der Waals surface area contributed by atoms with Gasteiger partial charge in [0.25, 0.3) is 5.91 Å². The Morgan fingerprint density at radius 2 is 1.69 bits per heavy atom. The van der Waals surface area contributed by atoms with Crippen LogP contribution in [0.1, 0.15) is 38.1 Å². The number of benzene rings is 1. The lowest BCUT2D eigenvalue weighted by molar-refractivity contribution is 0.0141. The van der Waals surface area contributed by atoms with Crippen LogP contribution in [0.4, 0.5) is 4.79 Å². The number of hydrogen-bond acceptors (Lipinski definition) is 5. The van der Waals surface area contributed by atoms with Crippen LogP contribution in [0, 0.1) is 0 Å². The van der Waals surface area contributed by atoms with E-state index >= 15 is 0 Å². The van der Waals surface area contributed by atoms with Gasteiger partial charge in [0.05, 0.1) is 22.8 Å². The third-order valence-corrected chi connectivity index (χ3v) is 5.43. The summed E-state index contributed by atoms with van der Waals surface area (Å²) in [6.07, 6.45) is 1.37. The maximum absolute atomic E-state index is 13.5. The summed E-state index contributed by atoms with van der Waals surface area (Å²) in [4.78, 5) is 34.1. The molecule has 32 heavy (non-hydrogen) atoms. The SMILES string of the molecule is CCn1ncc2c(C(=O)N3CCN(C(=O)OC(C)(C)C)CC3)cc(-c3ccccc3)nc21. The molecule has 0 saturated carbocycles. The second-order valence-electron chi connectivity index (χ2n) is 8.88. The van der Waals surface area contributed by atoms with Crippen LogP contribution in [0.3, 0.4) is 0 Å². The number of amides is 2. The first kappa shape index (κ1) is 21.8. The average Bonchev–Trinajstić information content (AvgIpc) is 3.20. The Hall–Kier alpha value is -3.42. The van der Waals surface area contributed by atoms with Gasteiger partial charge in [0, 0.05) is 38.3 Å². The smallest absolute Gasteiger partial charge is 0.410 e. The minimum absolute atomic E-state index is 0.0749. The molecule has 1 aliphatic rings. The fraction of sp³-hybridized carbons (Fsp3) is 0.417. The molecule has 2 aromatic heterocycles. The molecule has 1 aliphatic heterocycles. The predicted octanol–water partition coefficient (Wildman–Crippen LogP) is 3.81. The Morgan fingerprint density at radius 3 is 2.31 bits per heavy atom. The summed E-state index contributed by atoms with van der Waals surface area (Å²) in [5.41, 5.74) is 2.43. The van der Waals surface area contributed by atoms with Gasteiger partial charge in [0.15, 0.2) is 5.65 Å². The fourth-order valence-electron chi connectivity index (χ4n) is 3.80. The molecular formula is C24H29N5O3. The van der Waals surface area contributed by atoms with E-state index in [0.717, 1.165) is 16.6 Å². The topological polar surface area (TPSA) is 80.6 Å². The number of carbonyl (C=O) groups is 2. The zero-order valence-corrected chi connectivity index (χ0v) is 19.0. The monoisotopic (exact) mass is 435 g/mol. The number of nitrogens with zero attached hydrogens (tertiary/aromatic N) is 5. The van der Waals surface area contributed by atoms with Gasteiger partial charge in [-0.05, 0) is 33.8 Å². The molecular weight excluding hydrogens is 406 g/mol. The maximum Gasteiger partial charge on any atom is 0.410 e. The first-order chi connectivity index (χ1) is 15.3. The van der Waals surface area contributed by atoms with Gasteiger partial charge in [0.2, 0.25) is 0 Å². The van der Waals surface area contributed by atoms with E-state index in [1.807, 2.05) is 64.1 Å². The standard InChI is InChI=1S/C24H29N5O3/c1-5-29-21-19(16-25-29)18(15-20(26-21)17-9-7-6-8-10-17)22(30)27-11-13-28(14-12-27)23(31)32-24(2,3)4/h6-10,15-16H,5,11-14H2,1-4H3. The normalized spacial score (nSPS) is 14.6. The molecule has 0 atom stereocenters. The fourth-order valence-corrected chi connectivity index (χ4v) is 3.80. The summed E-state index contributed by atoms with van der Waals surface area (Å²) in [6, 6.07) is 11.7. The molecule has 8 nitrogen and oxygen atoms in total. The third-order valence-electron chi connectivity index (χ3n) is 5.43. The quantitative estimate of drug-likeness (QED) is 0.625. The van der Waals surface area contributed by atoms with Crippen LogP contribution in [0.25, 0.3) is 22.3 Å². The molecule has 3 aromatic rings. The van der Waals surface area contributed by atoms with E-state index in [1.165, 1.54) is 0 Å². The van der Waals surface area contributed by atoms with Crippen LogP contribution in [0.15, 0.2) is 42.6 Å². The summed E-state index contributed by atoms with van der Waals surface area (Å²) < 4.78 is 7.26. The lowest BCUT2D eigenvalue weighted by atomic mass is 10.1. The lowest BCUT2D eigenvalue weighted by Gasteiger charge is -2.35. The van der Waals surface area contributed by atoms with Crippen molar-refractivity contribution in [1.82, 2.24) is 24.6 Å². The van der Waals surface area contributed by atoms with Crippen LogP contribution < -0.4 is 0 Å². The number of carbonyl (C=O) groups excluding carboxylic acids is 2. The molecule has 168 valence electrons. The highest BCUT2D eigenvalue weighted by molar-refractivity contribution is 6.06. The molecule has 1 aromatic carbocycles. The van der Waals surface area contributed by atoms with Gasteiger partial charge in [0.1, 0.15) is 5.60 Å². The number of pyridine rings is 1. The van der Waals surface area contributed by atoms with E-state index in [-0.39, 0.29) is 12.0 Å². The van der Waals surface area contributed by atoms with E-state index in [0.29, 0.717) is 43.9 Å². The molecule has 0 spiro atoms. The summed E-state index contributed by atoms with van der Waals surface area (Å²) >= 11 is 0. The van der Waals surface area contributed by atoms with Crippen molar-refractivity contribution in [3.63, 3.8) is 0 Å². The van der Waals surface area contributed by atoms with Crippen molar-refractivity contribution in [2.24, 2.45) is 0 Å². The Kier molecular flexibility index (Phi) is 5.86. The second-order valence-corrected chi connectivity index (χ2v) is 8.88. The minimum atomic E-state index is -0.542. The highest BCUT2D eigenvalue weighted by Crippen LogP contribution is 2.26. The predicted molar refractivity (Wildman–Crippen MR) is 122 cm³/mol. The minimum Gasteiger partial charge on any atom is -0.444 e. The van der Waals surface area contributed by atoms with Crippen molar-refractivity contribution >= 4 is 23.0 Å². The molecule has 4 rings (SSSR count). The third kappa shape index (κ3) is 4.44. The maximum atomic E-state index is 13.5. The van der Waals surface area contributed by atoms with E-state index in [1.54, 1.807) is 20.7 Å². The summed E-state index contributed by atoms with van der Waals surface area (Å²) in [5, 5.41) is 5.16. The van der Waals surface area contributed by atoms with Crippen LogP contribution in [-0.4, -0.2) is 68.3 Å². The number of aryl methyl sites for hydroxylation is 1. The van der Waals surface area contributed by atoms with Crippen LogP contribution in [-0.2, 0) is 11.3 Å². The number of hydrogen-bond donors (Lipinski definition) is 0. The van der Waals surface area contributed by atoms with Gasteiger partial charge in [-0.15, -0.1) is 0 Å². The van der Waals surface area contributed by atoms with E-state index < -0.39 is 5.60 Å². The number of aromatic nitrogens is 3. The van der Waals surface area contributed by atoms with Crippen molar-refractivity contribution in [3.8, 4) is 11.3 Å². The van der Waals surface area contributed by atoms with Crippen LogP contribution in [0.2, 0.25) is 0 Å². The van der Waals surface area contributed by atoms with Crippen LogP contribution >= 0.6 is 0 Å².